The van der Waals surface area contributed by atoms with Crippen LogP contribution in [0.4, 0.5) is 4.39 Å². The third kappa shape index (κ3) is 1.90. The molecule has 0 unspecified atom stereocenters. The Morgan fingerprint density at radius 1 is 1.38 bits per heavy atom. The first-order chi connectivity index (χ1) is 7.70. The first-order valence-electron chi connectivity index (χ1n) is 4.46. The molecule has 1 aromatic carbocycles. The summed E-state index contributed by atoms with van der Waals surface area (Å²) in [6.45, 7) is 0. The smallest absolute Gasteiger partial charge is 0.377 e. The Morgan fingerprint density at radius 3 is 2.69 bits per heavy atom. The molecule has 0 radical (unpaired) electrons. The van der Waals surface area contributed by atoms with Gasteiger partial charge in [-0.2, -0.15) is 0 Å². The Kier molecular flexibility index (Phi) is 2.63. The van der Waals surface area contributed by atoms with Gasteiger partial charge >= 0.3 is 5.97 Å². The van der Waals surface area contributed by atoms with Crippen molar-refractivity contribution in [1.29, 1.82) is 0 Å². The second-order valence-corrected chi connectivity index (χ2v) is 2.98. The molecule has 5 nitrogen and oxygen atoms in total. The first-order valence-corrected chi connectivity index (χ1v) is 4.46. The van der Waals surface area contributed by atoms with Gasteiger partial charge in [0.1, 0.15) is 12.1 Å². The third-order valence-electron chi connectivity index (χ3n) is 1.95. The van der Waals surface area contributed by atoms with E-state index in [1.54, 1.807) is 0 Å². The molecule has 0 fully saturated rings. The predicted octanol–water partition coefficient (Wildman–Crippen LogP) is 1.19. The van der Waals surface area contributed by atoms with Crippen molar-refractivity contribution in [3.63, 3.8) is 0 Å². The number of halogens is 1. The lowest BCUT2D eigenvalue weighted by molar-refractivity contribution is 0.0587. The van der Waals surface area contributed by atoms with Gasteiger partial charge in [0.2, 0.25) is 0 Å². The molecule has 82 valence electrons. The van der Waals surface area contributed by atoms with E-state index in [1.165, 1.54) is 42.4 Å². The minimum absolute atomic E-state index is 0.0353. The number of benzene rings is 1. The summed E-state index contributed by atoms with van der Waals surface area (Å²) in [5.41, 5.74) is 0.615. The minimum atomic E-state index is -0.610. The predicted molar refractivity (Wildman–Crippen MR) is 52.7 cm³/mol. The van der Waals surface area contributed by atoms with Gasteiger partial charge in [0.25, 0.3) is 5.82 Å². The van der Waals surface area contributed by atoms with E-state index in [2.05, 4.69) is 14.8 Å². The van der Waals surface area contributed by atoms with E-state index in [4.69, 9.17) is 0 Å². The zero-order valence-electron chi connectivity index (χ0n) is 8.42. The molecule has 1 heterocycles. The van der Waals surface area contributed by atoms with Crippen molar-refractivity contribution in [1.82, 2.24) is 14.8 Å². The molecule has 0 N–H and O–H groups in total. The van der Waals surface area contributed by atoms with Crippen LogP contribution in [-0.4, -0.2) is 27.8 Å². The summed E-state index contributed by atoms with van der Waals surface area (Å²) in [7, 11) is 1.25. The lowest BCUT2D eigenvalue weighted by atomic mass is 10.3. The highest BCUT2D eigenvalue weighted by Crippen LogP contribution is 2.07. The molecule has 0 saturated carbocycles. The Bertz CT molecular complexity index is 507. The third-order valence-corrected chi connectivity index (χ3v) is 1.95. The molecule has 0 aliphatic heterocycles. The quantitative estimate of drug-likeness (QED) is 0.715. The Morgan fingerprint density at radius 2 is 2.06 bits per heavy atom. The molecule has 16 heavy (non-hydrogen) atoms. The number of esters is 1. The van der Waals surface area contributed by atoms with Crippen LogP contribution in [0, 0.1) is 5.82 Å². The molecule has 0 atom stereocenters. The summed E-state index contributed by atoms with van der Waals surface area (Å²) in [6, 6.07) is 5.67. The number of carbonyl (C=O) groups excluding carboxylic acids is 1. The number of aromatic nitrogens is 3. The van der Waals surface area contributed by atoms with Crippen molar-refractivity contribution < 1.29 is 13.9 Å². The van der Waals surface area contributed by atoms with Gasteiger partial charge in [-0.05, 0) is 24.3 Å². The van der Waals surface area contributed by atoms with Gasteiger partial charge in [-0.15, -0.1) is 5.10 Å². The molecule has 0 aliphatic carbocycles. The molecule has 0 bridgehead atoms. The standard InChI is InChI=1S/C10H8FN3O2/c1-16-10(15)9-12-6-14(13-9)8-4-2-7(11)3-5-8/h2-6H,1H3. The maximum Gasteiger partial charge on any atom is 0.377 e. The summed E-state index contributed by atoms with van der Waals surface area (Å²) in [6.07, 6.45) is 1.36. The van der Waals surface area contributed by atoms with Crippen LogP contribution in [0.5, 0.6) is 0 Å². The van der Waals surface area contributed by atoms with Gasteiger partial charge in [-0.3, -0.25) is 0 Å². The van der Waals surface area contributed by atoms with Crippen LogP contribution in [0.25, 0.3) is 5.69 Å². The summed E-state index contributed by atoms with van der Waals surface area (Å²) >= 11 is 0. The van der Waals surface area contributed by atoms with Gasteiger partial charge in [0, 0.05) is 0 Å². The highest BCUT2D eigenvalue weighted by molar-refractivity contribution is 5.84. The molecule has 0 saturated heterocycles. The summed E-state index contributed by atoms with van der Waals surface area (Å²) in [5, 5.41) is 3.89. The van der Waals surface area contributed by atoms with Gasteiger partial charge in [0.05, 0.1) is 12.8 Å². The number of hydrogen-bond donors (Lipinski definition) is 0. The summed E-state index contributed by atoms with van der Waals surface area (Å²) in [5.74, 6) is -0.982. The molecule has 1 aromatic heterocycles. The van der Waals surface area contributed by atoms with E-state index in [1.807, 2.05) is 0 Å². The van der Waals surface area contributed by atoms with Crippen LogP contribution >= 0.6 is 0 Å². The van der Waals surface area contributed by atoms with Crippen molar-refractivity contribution in [3.8, 4) is 5.69 Å². The first kappa shape index (κ1) is 10.3. The van der Waals surface area contributed by atoms with Crippen LogP contribution in [0.1, 0.15) is 10.6 Å². The average Bonchev–Trinajstić information content (AvgIpc) is 2.78. The van der Waals surface area contributed by atoms with E-state index in [0.29, 0.717) is 5.69 Å². The summed E-state index contributed by atoms with van der Waals surface area (Å²) in [4.78, 5) is 14.9. The largest absolute Gasteiger partial charge is 0.463 e. The van der Waals surface area contributed by atoms with Crippen LogP contribution in [0.15, 0.2) is 30.6 Å². The van der Waals surface area contributed by atoms with Crippen LogP contribution in [0.2, 0.25) is 0 Å². The Balaban J connectivity index is 2.31. The topological polar surface area (TPSA) is 57.0 Å². The van der Waals surface area contributed by atoms with Gasteiger partial charge in [-0.25, -0.2) is 18.9 Å². The zero-order chi connectivity index (χ0) is 11.5. The van der Waals surface area contributed by atoms with Crippen LogP contribution in [-0.2, 0) is 4.74 Å². The molecule has 0 amide bonds. The number of carbonyl (C=O) groups is 1. The number of methoxy groups -OCH3 is 1. The van der Waals surface area contributed by atoms with E-state index in [-0.39, 0.29) is 11.6 Å². The van der Waals surface area contributed by atoms with Crippen LogP contribution in [0.3, 0.4) is 0 Å². The molecule has 2 rings (SSSR count). The fourth-order valence-electron chi connectivity index (χ4n) is 1.17. The Hall–Kier alpha value is -2.24. The Labute approximate surface area is 90.5 Å². The van der Waals surface area contributed by atoms with E-state index >= 15 is 0 Å². The highest BCUT2D eigenvalue weighted by atomic mass is 19.1. The van der Waals surface area contributed by atoms with Crippen molar-refractivity contribution >= 4 is 5.97 Å². The summed E-state index contributed by atoms with van der Waals surface area (Å²) < 4.78 is 18.5. The molecular weight excluding hydrogens is 213 g/mol. The second kappa shape index (κ2) is 4.09. The normalized spacial score (nSPS) is 10.1. The lowest BCUT2D eigenvalue weighted by Crippen LogP contribution is -2.05. The highest BCUT2D eigenvalue weighted by Gasteiger charge is 2.11. The molecular formula is C10H8FN3O2. The van der Waals surface area contributed by atoms with Gasteiger partial charge in [-0.1, -0.05) is 0 Å². The van der Waals surface area contributed by atoms with Gasteiger partial charge < -0.3 is 4.74 Å². The SMILES string of the molecule is COC(=O)c1ncn(-c2ccc(F)cc2)n1. The van der Waals surface area contributed by atoms with Crippen molar-refractivity contribution in [3.05, 3.63) is 42.2 Å². The molecule has 0 spiro atoms. The fourth-order valence-corrected chi connectivity index (χ4v) is 1.17. The number of ether oxygens (including phenoxy) is 1. The molecule has 6 heteroatoms. The van der Waals surface area contributed by atoms with E-state index < -0.39 is 5.97 Å². The zero-order valence-corrected chi connectivity index (χ0v) is 8.42. The maximum atomic E-state index is 12.7. The number of hydrogen-bond acceptors (Lipinski definition) is 4. The molecule has 0 aliphatic rings. The van der Waals surface area contributed by atoms with Crippen LogP contribution < -0.4 is 0 Å². The number of nitrogens with zero attached hydrogens (tertiary/aromatic N) is 3. The van der Waals surface area contributed by atoms with Crippen molar-refractivity contribution in [2.24, 2.45) is 0 Å². The van der Waals surface area contributed by atoms with E-state index in [0.717, 1.165) is 0 Å². The lowest BCUT2D eigenvalue weighted by Gasteiger charge is -1.98. The fraction of sp³-hybridized carbons (Fsp3) is 0.100. The minimum Gasteiger partial charge on any atom is -0.463 e. The van der Waals surface area contributed by atoms with E-state index in [9.17, 15) is 9.18 Å². The maximum absolute atomic E-state index is 12.7. The monoisotopic (exact) mass is 221 g/mol. The van der Waals surface area contributed by atoms with Crippen molar-refractivity contribution in [2.45, 2.75) is 0 Å². The molecule has 2 aromatic rings. The second-order valence-electron chi connectivity index (χ2n) is 2.98. The average molecular weight is 221 g/mol. The van der Waals surface area contributed by atoms with Gasteiger partial charge in [0.15, 0.2) is 0 Å². The number of rotatable bonds is 2. The van der Waals surface area contributed by atoms with Crippen molar-refractivity contribution in [2.75, 3.05) is 7.11 Å².